The number of ether oxygens (including phenoxy) is 5. The largest absolute Gasteiger partial charge is 0.504 e. The minimum absolute atomic E-state index is 0.0193. The zero-order valence-electron chi connectivity index (χ0n) is 24.5. The molecular weight excluding hydrogens is 544 g/mol. The van der Waals surface area contributed by atoms with E-state index in [4.69, 9.17) is 28.7 Å². The molecular formula is C35H34N2O6. The Balaban J connectivity index is 1.44. The molecule has 8 rings (SSSR count). The topological polar surface area (TPSA) is 90.8 Å². The molecule has 0 aromatic heterocycles. The van der Waals surface area contributed by atoms with Gasteiger partial charge in [-0.15, -0.1) is 0 Å². The SMILES string of the molecule is COc1cc2c3cc1Oc1c(OC)c(OC)cc4c1C(=NCC4)Cc1ccc(cc1)Oc1cc(ccc1O)C[C@H]3NCC2. The van der Waals surface area contributed by atoms with Crippen molar-refractivity contribution >= 4 is 5.71 Å². The van der Waals surface area contributed by atoms with E-state index in [1.807, 2.05) is 42.5 Å². The standard InChI is InChI=1S/C35H34N2O6/c1-39-30-17-22-10-12-36-26-15-21-6-9-28(38)29(16-21)42-24-7-4-20(5-8-24)14-27-33-23(11-13-37-27)18-32(40-2)34(41-3)35(33)43-31(30)19-25(22)26/h4-9,16-19,26,36,38H,10-15H2,1-3H3/t26-/m1/s1. The number of methoxy groups -OCH3 is 3. The lowest BCUT2D eigenvalue weighted by atomic mass is 9.89. The van der Waals surface area contributed by atoms with Crippen LogP contribution in [0.1, 0.15) is 39.4 Å². The second-order valence-electron chi connectivity index (χ2n) is 11.0. The Hall–Kier alpha value is -4.69. The van der Waals surface area contributed by atoms with Crippen LogP contribution >= 0.6 is 0 Å². The number of hydrogen-bond donors (Lipinski definition) is 2. The smallest absolute Gasteiger partial charge is 0.204 e. The molecule has 4 aliphatic heterocycles. The summed E-state index contributed by atoms with van der Waals surface area (Å²) in [4.78, 5) is 4.97. The molecule has 0 saturated carbocycles. The van der Waals surface area contributed by atoms with E-state index >= 15 is 0 Å². The summed E-state index contributed by atoms with van der Waals surface area (Å²) in [5.41, 5.74) is 7.38. The van der Waals surface area contributed by atoms with Crippen molar-refractivity contribution in [2.75, 3.05) is 34.4 Å². The molecule has 4 heterocycles. The number of nitrogens with one attached hydrogen (secondary N) is 1. The summed E-state index contributed by atoms with van der Waals surface area (Å²) in [6, 6.07) is 19.6. The summed E-state index contributed by atoms with van der Waals surface area (Å²) in [5, 5.41) is 14.3. The minimum Gasteiger partial charge on any atom is -0.504 e. The Morgan fingerprint density at radius 3 is 2.40 bits per heavy atom. The van der Waals surface area contributed by atoms with Gasteiger partial charge in [0.05, 0.1) is 27.0 Å². The van der Waals surface area contributed by atoms with Crippen LogP contribution in [0.4, 0.5) is 0 Å². The maximum absolute atomic E-state index is 10.6. The van der Waals surface area contributed by atoms with Crippen LogP contribution in [0.15, 0.2) is 65.7 Å². The number of rotatable bonds is 3. The number of benzene rings is 4. The number of hydrogen-bond acceptors (Lipinski definition) is 8. The quantitative estimate of drug-likeness (QED) is 0.294. The van der Waals surface area contributed by atoms with Crippen molar-refractivity contribution in [3.63, 3.8) is 0 Å². The van der Waals surface area contributed by atoms with Gasteiger partial charge in [0.1, 0.15) is 5.75 Å². The first-order valence-corrected chi connectivity index (χ1v) is 14.6. The van der Waals surface area contributed by atoms with Crippen LogP contribution in [0.3, 0.4) is 0 Å². The fourth-order valence-corrected chi connectivity index (χ4v) is 6.34. The van der Waals surface area contributed by atoms with Crippen molar-refractivity contribution in [3.8, 4) is 46.0 Å². The fraction of sp³-hybridized carbons (Fsp3) is 0.286. The van der Waals surface area contributed by atoms with Crippen LogP contribution in [0.25, 0.3) is 0 Å². The average Bonchev–Trinajstić information content (AvgIpc) is 3.03. The summed E-state index contributed by atoms with van der Waals surface area (Å²) in [7, 11) is 4.94. The molecule has 0 aliphatic carbocycles. The van der Waals surface area contributed by atoms with Gasteiger partial charge in [0.2, 0.25) is 5.75 Å². The normalized spacial score (nSPS) is 16.9. The molecule has 220 valence electrons. The molecule has 8 nitrogen and oxygen atoms in total. The van der Waals surface area contributed by atoms with Crippen LogP contribution in [-0.2, 0) is 25.7 Å². The Morgan fingerprint density at radius 1 is 0.814 bits per heavy atom. The maximum Gasteiger partial charge on any atom is 0.204 e. The molecule has 0 saturated heterocycles. The lowest BCUT2D eigenvalue weighted by Gasteiger charge is -2.29. The number of nitrogens with zero attached hydrogens (tertiary/aromatic N) is 1. The zero-order valence-corrected chi connectivity index (χ0v) is 24.5. The monoisotopic (exact) mass is 578 g/mol. The third-order valence-corrected chi connectivity index (χ3v) is 8.46. The van der Waals surface area contributed by atoms with E-state index in [9.17, 15) is 5.11 Å². The van der Waals surface area contributed by atoms with Crippen molar-refractivity contribution in [3.05, 3.63) is 94.0 Å². The molecule has 8 heteroatoms. The summed E-state index contributed by atoms with van der Waals surface area (Å²) >= 11 is 0. The van der Waals surface area contributed by atoms with Crippen LogP contribution in [0.5, 0.6) is 46.0 Å². The Morgan fingerprint density at radius 2 is 1.60 bits per heavy atom. The Kier molecular flexibility index (Phi) is 7.07. The van der Waals surface area contributed by atoms with E-state index in [0.29, 0.717) is 59.6 Å². The Labute approximate surface area is 250 Å². The van der Waals surface area contributed by atoms with Gasteiger partial charge in [-0.2, -0.15) is 0 Å². The number of phenols is 1. The van der Waals surface area contributed by atoms with Crippen LogP contribution < -0.4 is 29.0 Å². The highest BCUT2D eigenvalue weighted by Crippen LogP contribution is 2.48. The molecule has 2 N–H and O–H groups in total. The molecule has 0 unspecified atom stereocenters. The second-order valence-corrected chi connectivity index (χ2v) is 11.0. The van der Waals surface area contributed by atoms with Gasteiger partial charge in [0, 0.05) is 24.6 Å². The van der Waals surface area contributed by atoms with Crippen molar-refractivity contribution in [2.45, 2.75) is 31.7 Å². The molecule has 4 aromatic rings. The summed E-state index contributed by atoms with van der Waals surface area (Å²) in [6.07, 6.45) is 2.92. The molecule has 43 heavy (non-hydrogen) atoms. The predicted octanol–water partition coefficient (Wildman–Crippen LogP) is 6.33. The summed E-state index contributed by atoms with van der Waals surface area (Å²) in [5.74, 6) is 4.11. The highest BCUT2D eigenvalue weighted by Gasteiger charge is 2.30. The molecule has 1 atom stereocenters. The van der Waals surface area contributed by atoms with Gasteiger partial charge in [0.25, 0.3) is 0 Å². The van der Waals surface area contributed by atoms with Gasteiger partial charge in [-0.1, -0.05) is 18.2 Å². The number of phenolic OH excluding ortho intramolecular Hbond substituents is 1. The van der Waals surface area contributed by atoms with E-state index in [-0.39, 0.29) is 11.8 Å². The van der Waals surface area contributed by atoms with E-state index in [1.165, 1.54) is 5.56 Å². The first-order chi connectivity index (χ1) is 21.0. The second kappa shape index (κ2) is 11.2. The van der Waals surface area contributed by atoms with Gasteiger partial charge in [-0.05, 0) is 96.1 Å². The molecule has 0 amide bonds. The summed E-state index contributed by atoms with van der Waals surface area (Å²) < 4.78 is 30.6. The van der Waals surface area contributed by atoms with Crippen molar-refractivity contribution in [1.82, 2.24) is 5.32 Å². The molecule has 0 fully saturated rings. The van der Waals surface area contributed by atoms with Gasteiger partial charge in [-0.25, -0.2) is 0 Å². The van der Waals surface area contributed by atoms with Crippen molar-refractivity contribution in [2.24, 2.45) is 4.99 Å². The predicted molar refractivity (Wildman–Crippen MR) is 164 cm³/mol. The van der Waals surface area contributed by atoms with E-state index in [0.717, 1.165) is 52.9 Å². The van der Waals surface area contributed by atoms with E-state index in [1.54, 1.807) is 27.4 Å². The van der Waals surface area contributed by atoms with Crippen molar-refractivity contribution in [1.29, 1.82) is 0 Å². The number of aliphatic imine (C=N–C) groups is 1. The highest BCUT2D eigenvalue weighted by molar-refractivity contribution is 6.07. The lowest BCUT2D eigenvalue weighted by Crippen LogP contribution is -2.31. The first-order valence-electron chi connectivity index (χ1n) is 14.6. The molecule has 4 aliphatic rings. The highest BCUT2D eigenvalue weighted by atomic mass is 16.5. The molecule has 6 bridgehead atoms. The summed E-state index contributed by atoms with van der Waals surface area (Å²) in [6.45, 7) is 1.51. The van der Waals surface area contributed by atoms with Crippen LogP contribution in [0, 0.1) is 0 Å². The van der Waals surface area contributed by atoms with Gasteiger partial charge in [-0.3, -0.25) is 4.99 Å². The first kappa shape index (κ1) is 27.2. The van der Waals surface area contributed by atoms with Gasteiger partial charge < -0.3 is 34.1 Å². The van der Waals surface area contributed by atoms with E-state index < -0.39 is 0 Å². The van der Waals surface area contributed by atoms with Gasteiger partial charge in [0.15, 0.2) is 34.5 Å². The average molecular weight is 579 g/mol. The van der Waals surface area contributed by atoms with E-state index in [2.05, 4.69) is 17.4 Å². The zero-order chi connectivity index (χ0) is 29.5. The maximum atomic E-state index is 10.6. The minimum atomic E-state index is 0.0193. The number of fused-ring (bicyclic) bond motifs is 2. The van der Waals surface area contributed by atoms with Gasteiger partial charge >= 0.3 is 0 Å². The Bertz CT molecular complexity index is 1730. The van der Waals surface area contributed by atoms with Crippen LogP contribution in [-0.4, -0.2) is 45.2 Å². The molecule has 0 radical (unpaired) electrons. The third-order valence-electron chi connectivity index (χ3n) is 8.46. The molecule has 4 aromatic carbocycles. The molecule has 0 spiro atoms. The number of aromatic hydroxyl groups is 1. The fourth-order valence-electron chi connectivity index (χ4n) is 6.34. The van der Waals surface area contributed by atoms with Crippen molar-refractivity contribution < 1.29 is 28.8 Å². The van der Waals surface area contributed by atoms with Crippen LogP contribution in [0.2, 0.25) is 0 Å². The third kappa shape index (κ3) is 5.02. The lowest BCUT2D eigenvalue weighted by molar-refractivity contribution is 0.328.